The van der Waals surface area contributed by atoms with E-state index in [0.29, 0.717) is 25.7 Å². The maximum atomic E-state index is 14.8. The smallest absolute Gasteiger partial charge is 0.306 e. The van der Waals surface area contributed by atoms with Gasteiger partial charge in [-0.15, -0.1) is 13.2 Å². The zero-order valence-corrected chi connectivity index (χ0v) is 28.9. The number of aliphatic hydroxyl groups is 1. The highest BCUT2D eigenvalue weighted by Gasteiger charge is 2.75. The first-order valence-corrected chi connectivity index (χ1v) is 16.8. The molecule has 258 valence electrons. The third kappa shape index (κ3) is 7.33. The lowest BCUT2D eigenvalue weighted by atomic mass is 9.70. The molecule has 3 amide bonds. The van der Waals surface area contributed by atoms with Crippen LogP contribution in [0, 0.1) is 17.3 Å². The van der Waals surface area contributed by atoms with Gasteiger partial charge in [-0.05, 0) is 57.4 Å². The number of amides is 3. The van der Waals surface area contributed by atoms with Crippen LogP contribution in [-0.4, -0.2) is 87.7 Å². The molecule has 10 heteroatoms. The number of carbonyl (C=O) groups excluding carboxylic acids is 4. The quantitative estimate of drug-likeness (QED) is 0.214. The molecule has 3 saturated heterocycles. The fourth-order valence-electron chi connectivity index (χ4n) is 8.18. The molecule has 2 N–H and O–H groups in total. The van der Waals surface area contributed by atoms with Crippen molar-refractivity contribution in [3.63, 3.8) is 0 Å². The third-order valence-corrected chi connectivity index (χ3v) is 9.77. The van der Waals surface area contributed by atoms with Crippen LogP contribution in [0.15, 0.2) is 55.6 Å². The molecule has 3 aliphatic rings. The molecule has 1 spiro atoms. The molecule has 0 unspecified atom stereocenters. The number of allylic oxidation sites excluding steroid dienone is 1. The summed E-state index contributed by atoms with van der Waals surface area (Å²) >= 11 is 0. The lowest BCUT2D eigenvalue weighted by Crippen LogP contribution is -2.62. The average Bonchev–Trinajstić information content (AvgIpc) is 3.66. The van der Waals surface area contributed by atoms with E-state index in [1.165, 1.54) is 4.90 Å². The maximum Gasteiger partial charge on any atom is 0.306 e. The predicted octanol–water partition coefficient (Wildman–Crippen LogP) is 4.34. The molecule has 0 radical (unpaired) electrons. The third-order valence-electron chi connectivity index (χ3n) is 9.77. The highest BCUT2D eigenvalue weighted by atomic mass is 16.5. The highest BCUT2D eigenvalue weighted by molar-refractivity contribution is 5.99. The van der Waals surface area contributed by atoms with Crippen LogP contribution in [0.1, 0.15) is 85.3 Å². The van der Waals surface area contributed by atoms with Crippen molar-refractivity contribution in [2.24, 2.45) is 17.3 Å². The number of rotatable bonds is 15. The number of esters is 1. The number of nitrogens with zero attached hydrogens (tertiary/aromatic N) is 2. The van der Waals surface area contributed by atoms with E-state index in [1.54, 1.807) is 24.0 Å². The van der Waals surface area contributed by atoms with Crippen molar-refractivity contribution in [1.82, 2.24) is 15.1 Å². The normalized spacial score (nSPS) is 26.4. The minimum absolute atomic E-state index is 0.0815. The Kier molecular flexibility index (Phi) is 11.1. The van der Waals surface area contributed by atoms with Gasteiger partial charge in [0.25, 0.3) is 0 Å². The lowest BCUT2D eigenvalue weighted by Gasteiger charge is -2.46. The largest absolute Gasteiger partial charge is 0.463 e. The number of nitrogens with one attached hydrogen (secondary N) is 1. The highest BCUT2D eigenvalue weighted by Crippen LogP contribution is 2.59. The monoisotopic (exact) mass is 651 g/mol. The molecule has 3 fully saturated rings. The Morgan fingerprint density at radius 3 is 2.45 bits per heavy atom. The predicted molar refractivity (Wildman–Crippen MR) is 179 cm³/mol. The number of benzene rings is 1. The van der Waals surface area contributed by atoms with Gasteiger partial charge >= 0.3 is 5.97 Å². The molecule has 1 aromatic rings. The number of fused-ring (bicyclic) bond motifs is 1. The fraction of sp³-hybridized carbons (Fsp3) is 0.622. The van der Waals surface area contributed by atoms with Crippen molar-refractivity contribution in [3.05, 3.63) is 61.2 Å². The molecule has 2 bridgehead atoms. The Morgan fingerprint density at radius 2 is 1.85 bits per heavy atom. The Hall–Kier alpha value is -3.50. The molecule has 7 atom stereocenters. The molecular weight excluding hydrogens is 598 g/mol. The molecule has 10 nitrogen and oxygen atoms in total. The van der Waals surface area contributed by atoms with Gasteiger partial charge in [-0.2, -0.15) is 0 Å². The molecular formula is C37H53N3O7. The molecule has 0 aromatic heterocycles. The van der Waals surface area contributed by atoms with Crippen LogP contribution in [0.25, 0.3) is 0 Å². The minimum atomic E-state index is -1.22. The number of hydrogen-bond acceptors (Lipinski definition) is 7. The molecule has 3 aliphatic heterocycles. The minimum Gasteiger partial charge on any atom is -0.463 e. The van der Waals surface area contributed by atoms with E-state index < -0.39 is 59.1 Å². The summed E-state index contributed by atoms with van der Waals surface area (Å²) in [5.41, 5.74) is -1.15. The van der Waals surface area contributed by atoms with Crippen LogP contribution in [-0.2, 0) is 28.7 Å². The first kappa shape index (κ1) is 36.3. The second-order valence-corrected chi connectivity index (χ2v) is 15.1. The Labute approximate surface area is 279 Å². The van der Waals surface area contributed by atoms with Crippen molar-refractivity contribution >= 4 is 23.7 Å². The topological polar surface area (TPSA) is 125 Å². The van der Waals surface area contributed by atoms with E-state index in [1.807, 2.05) is 44.2 Å². The standard InChI is InChI=1S/C37H53N3O7/c1-9-11-17-28(42)46-22-26(25-15-13-12-14-16-25)38-32(43)29-27-18-19-37(47-27)30(29)33(44)40(24(3)21-41)31(37)34(45)39(20-10-2)36(7,8)23-35(4,5)6/h9-10,12-16,24,26-27,29-31,41H,1-2,11,17-23H2,3-8H3,(H,38,43)/t24-,26+,27-,29+,30+,31-,37+/m1/s1. The molecule has 3 heterocycles. The maximum absolute atomic E-state index is 14.8. The first-order chi connectivity index (χ1) is 22.1. The average molecular weight is 652 g/mol. The van der Waals surface area contributed by atoms with Crippen molar-refractivity contribution in [2.45, 2.75) is 109 Å². The Balaban J connectivity index is 1.68. The second kappa shape index (κ2) is 14.3. The van der Waals surface area contributed by atoms with Gasteiger partial charge in [-0.3, -0.25) is 19.2 Å². The van der Waals surface area contributed by atoms with E-state index in [0.717, 1.165) is 5.56 Å². The summed E-state index contributed by atoms with van der Waals surface area (Å²) in [5.74, 6) is -3.21. The van der Waals surface area contributed by atoms with Gasteiger partial charge in [0.05, 0.1) is 36.6 Å². The van der Waals surface area contributed by atoms with Crippen LogP contribution in [0.5, 0.6) is 0 Å². The van der Waals surface area contributed by atoms with Gasteiger partial charge in [0.15, 0.2) is 0 Å². The molecule has 4 rings (SSSR count). The number of likely N-dealkylation sites (tertiary alicyclic amines) is 1. The van der Waals surface area contributed by atoms with Crippen molar-refractivity contribution in [3.8, 4) is 0 Å². The van der Waals surface area contributed by atoms with Gasteiger partial charge in [0.2, 0.25) is 17.7 Å². The van der Waals surface area contributed by atoms with Gasteiger partial charge in [0, 0.05) is 18.5 Å². The molecule has 1 aromatic carbocycles. The Morgan fingerprint density at radius 1 is 1.17 bits per heavy atom. The number of hydrogen-bond donors (Lipinski definition) is 2. The van der Waals surface area contributed by atoms with E-state index in [4.69, 9.17) is 9.47 Å². The molecule has 47 heavy (non-hydrogen) atoms. The van der Waals surface area contributed by atoms with Crippen LogP contribution in [0.4, 0.5) is 0 Å². The van der Waals surface area contributed by atoms with E-state index >= 15 is 0 Å². The van der Waals surface area contributed by atoms with Crippen LogP contribution in [0.2, 0.25) is 0 Å². The first-order valence-electron chi connectivity index (χ1n) is 16.8. The van der Waals surface area contributed by atoms with Crippen molar-refractivity contribution < 1.29 is 33.8 Å². The Bertz CT molecular complexity index is 1340. The van der Waals surface area contributed by atoms with Gasteiger partial charge < -0.3 is 29.7 Å². The van der Waals surface area contributed by atoms with Crippen LogP contribution < -0.4 is 5.32 Å². The summed E-state index contributed by atoms with van der Waals surface area (Å²) in [5, 5.41) is 13.3. The zero-order valence-electron chi connectivity index (χ0n) is 28.9. The van der Waals surface area contributed by atoms with E-state index in [2.05, 4.69) is 39.2 Å². The summed E-state index contributed by atoms with van der Waals surface area (Å²) < 4.78 is 12.2. The summed E-state index contributed by atoms with van der Waals surface area (Å²) in [6.45, 7) is 19.5. The van der Waals surface area contributed by atoms with Gasteiger partial charge in [-0.1, -0.05) is 63.3 Å². The number of ether oxygens (including phenoxy) is 2. The van der Waals surface area contributed by atoms with E-state index in [-0.39, 0.29) is 43.4 Å². The molecule has 0 saturated carbocycles. The number of carbonyl (C=O) groups is 4. The van der Waals surface area contributed by atoms with Crippen molar-refractivity contribution in [1.29, 1.82) is 0 Å². The zero-order chi connectivity index (χ0) is 34.7. The lowest BCUT2D eigenvalue weighted by molar-refractivity contribution is -0.155. The van der Waals surface area contributed by atoms with Crippen LogP contribution in [0.3, 0.4) is 0 Å². The summed E-state index contributed by atoms with van der Waals surface area (Å²) in [4.78, 5) is 59.0. The number of aliphatic hydroxyl groups excluding tert-OH is 1. The second-order valence-electron chi connectivity index (χ2n) is 15.1. The fourth-order valence-corrected chi connectivity index (χ4v) is 8.18. The van der Waals surface area contributed by atoms with E-state index in [9.17, 15) is 24.3 Å². The van der Waals surface area contributed by atoms with Gasteiger partial charge in [0.1, 0.15) is 18.2 Å². The molecule has 0 aliphatic carbocycles. The van der Waals surface area contributed by atoms with Crippen LogP contribution >= 0.6 is 0 Å². The summed E-state index contributed by atoms with van der Waals surface area (Å²) in [7, 11) is 0. The van der Waals surface area contributed by atoms with Gasteiger partial charge in [-0.25, -0.2) is 0 Å². The SMILES string of the molecule is C=CCCC(=O)OC[C@H](NC(=O)[C@@H]1[C@H]2C(=O)N([C@H](C)CO)[C@H](C(=O)N(CC=C)C(C)(C)CC(C)(C)C)[C@]23CC[C@H]1O3)c1ccccc1. The summed E-state index contributed by atoms with van der Waals surface area (Å²) in [6.07, 6.45) is 5.06. The summed E-state index contributed by atoms with van der Waals surface area (Å²) in [6, 6.07) is 6.87. The van der Waals surface area contributed by atoms with Crippen molar-refractivity contribution in [2.75, 3.05) is 19.8 Å².